The van der Waals surface area contributed by atoms with Crippen molar-refractivity contribution in [3.8, 4) is 0 Å². The van der Waals surface area contributed by atoms with Crippen LogP contribution in [0.15, 0.2) is 17.3 Å². The number of allylic oxidation sites excluding steroid dienone is 1. The van der Waals surface area contributed by atoms with Gasteiger partial charge in [0.2, 0.25) is 0 Å². The van der Waals surface area contributed by atoms with Gasteiger partial charge in [0.15, 0.2) is 6.29 Å². The van der Waals surface area contributed by atoms with Gasteiger partial charge in [-0.3, -0.25) is 10.7 Å². The predicted octanol–water partition coefficient (Wildman–Crippen LogP) is -0.241. The molecular weight excluding hydrogens is 102 g/mol. The third kappa shape index (κ3) is 0.869. The fraction of sp³-hybridized carbons (Fsp3) is 0.400. The zero-order valence-corrected chi connectivity index (χ0v) is 4.78. The quantitative estimate of drug-likeness (QED) is 0.468. The Morgan fingerprint density at radius 3 is 2.88 bits per heavy atom. The molecule has 44 valence electrons. The Kier molecular flexibility index (Phi) is 1.30. The molecule has 0 aromatic heterocycles. The van der Waals surface area contributed by atoms with E-state index in [1.165, 1.54) is 0 Å². The van der Waals surface area contributed by atoms with Crippen LogP contribution >= 0.6 is 0 Å². The van der Waals surface area contributed by atoms with Gasteiger partial charge in [-0.05, 0) is 6.08 Å². The highest BCUT2D eigenvalue weighted by atomic mass is 15.3. The monoisotopic (exact) mass is 111 g/mol. The minimum Gasteiger partial charge on any atom is -0.347 e. The summed E-state index contributed by atoms with van der Waals surface area (Å²) in [6.45, 7) is 0. The van der Waals surface area contributed by atoms with E-state index in [-0.39, 0.29) is 6.29 Å². The molecule has 8 heavy (non-hydrogen) atoms. The molecule has 1 unspecified atom stereocenters. The number of hydrogen-bond acceptors (Lipinski definition) is 3. The fourth-order valence-corrected chi connectivity index (χ4v) is 0.505. The second kappa shape index (κ2) is 1.96. The Labute approximate surface area is 48.5 Å². The van der Waals surface area contributed by atoms with Crippen molar-refractivity contribution < 1.29 is 0 Å². The highest BCUT2D eigenvalue weighted by Gasteiger charge is 2.01. The molecule has 2 N–H and O–H groups in total. The molecule has 0 radical (unpaired) electrons. The molecular formula is C5H9N3. The van der Waals surface area contributed by atoms with E-state index >= 15 is 0 Å². The number of nitrogens with two attached hydrogens (primary N) is 1. The summed E-state index contributed by atoms with van der Waals surface area (Å²) >= 11 is 0. The fourth-order valence-electron chi connectivity index (χ4n) is 0.505. The minimum atomic E-state index is -0.181. The van der Waals surface area contributed by atoms with E-state index in [2.05, 4.69) is 4.99 Å². The van der Waals surface area contributed by atoms with Gasteiger partial charge in [-0.25, -0.2) is 0 Å². The van der Waals surface area contributed by atoms with Crippen molar-refractivity contribution in [3.63, 3.8) is 0 Å². The van der Waals surface area contributed by atoms with Gasteiger partial charge in [0.25, 0.3) is 0 Å². The Morgan fingerprint density at radius 1 is 1.75 bits per heavy atom. The summed E-state index contributed by atoms with van der Waals surface area (Å²) in [5.41, 5.74) is 5.46. The summed E-state index contributed by atoms with van der Waals surface area (Å²) in [4.78, 5) is 5.74. The number of aliphatic imine (C=N–C) groups is 1. The van der Waals surface area contributed by atoms with Crippen molar-refractivity contribution in [2.24, 2.45) is 10.7 Å². The normalized spacial score (nSPS) is 26.8. The maximum Gasteiger partial charge on any atom is 0.172 e. The Hall–Kier alpha value is -0.830. The van der Waals surface area contributed by atoms with Gasteiger partial charge in [-0.2, -0.15) is 0 Å². The van der Waals surface area contributed by atoms with Crippen LogP contribution < -0.4 is 5.73 Å². The third-order valence-corrected chi connectivity index (χ3v) is 1.06. The van der Waals surface area contributed by atoms with E-state index in [0.29, 0.717) is 0 Å². The van der Waals surface area contributed by atoms with E-state index in [1.54, 1.807) is 6.21 Å². The molecule has 1 aliphatic heterocycles. The summed E-state index contributed by atoms with van der Waals surface area (Å²) in [7, 11) is 1.89. The van der Waals surface area contributed by atoms with Gasteiger partial charge in [0, 0.05) is 19.5 Å². The van der Waals surface area contributed by atoms with Crippen LogP contribution in [0.3, 0.4) is 0 Å². The van der Waals surface area contributed by atoms with E-state index in [1.807, 2.05) is 24.2 Å². The zero-order chi connectivity index (χ0) is 5.98. The summed E-state index contributed by atoms with van der Waals surface area (Å²) in [6.07, 6.45) is 5.26. The summed E-state index contributed by atoms with van der Waals surface area (Å²) in [5.74, 6) is 0. The van der Waals surface area contributed by atoms with Crippen LogP contribution in [0.2, 0.25) is 0 Å². The van der Waals surface area contributed by atoms with Crippen molar-refractivity contribution in [1.82, 2.24) is 4.90 Å². The summed E-state index contributed by atoms with van der Waals surface area (Å²) in [5, 5.41) is 0. The second-order valence-electron chi connectivity index (χ2n) is 1.72. The van der Waals surface area contributed by atoms with E-state index in [4.69, 9.17) is 5.73 Å². The number of hydrogen-bond donors (Lipinski definition) is 1. The topological polar surface area (TPSA) is 41.6 Å². The van der Waals surface area contributed by atoms with Crippen LogP contribution in [-0.2, 0) is 0 Å². The Bertz CT molecular complexity index is 112. The van der Waals surface area contributed by atoms with E-state index < -0.39 is 0 Å². The molecule has 0 amide bonds. The van der Waals surface area contributed by atoms with Crippen LogP contribution in [-0.4, -0.2) is 24.5 Å². The molecule has 0 saturated heterocycles. The van der Waals surface area contributed by atoms with Gasteiger partial charge in [0.1, 0.15) is 0 Å². The van der Waals surface area contributed by atoms with Gasteiger partial charge in [-0.1, -0.05) is 0 Å². The molecule has 0 aromatic carbocycles. The lowest BCUT2D eigenvalue weighted by Gasteiger charge is -2.20. The van der Waals surface area contributed by atoms with Crippen molar-refractivity contribution in [2.75, 3.05) is 7.05 Å². The maximum absolute atomic E-state index is 5.46. The largest absolute Gasteiger partial charge is 0.347 e. The molecule has 1 heterocycles. The Balaban J connectivity index is 2.59. The van der Waals surface area contributed by atoms with Crippen LogP contribution in [0.25, 0.3) is 0 Å². The zero-order valence-electron chi connectivity index (χ0n) is 4.78. The third-order valence-electron chi connectivity index (χ3n) is 1.06. The van der Waals surface area contributed by atoms with Crippen LogP contribution in [0.1, 0.15) is 0 Å². The predicted molar refractivity (Wildman–Crippen MR) is 33.4 cm³/mol. The maximum atomic E-state index is 5.46. The first kappa shape index (κ1) is 5.31. The summed E-state index contributed by atoms with van der Waals surface area (Å²) < 4.78 is 0. The molecule has 3 heteroatoms. The smallest absolute Gasteiger partial charge is 0.172 e. The van der Waals surface area contributed by atoms with Crippen LogP contribution in [0, 0.1) is 0 Å². The lowest BCUT2D eigenvalue weighted by Crippen LogP contribution is -2.35. The van der Waals surface area contributed by atoms with Gasteiger partial charge in [0.05, 0.1) is 0 Å². The van der Waals surface area contributed by atoms with Crippen molar-refractivity contribution in [3.05, 3.63) is 12.3 Å². The SMILES string of the molecule is CN1C=CC=NC1N. The van der Waals surface area contributed by atoms with Crippen LogP contribution in [0.4, 0.5) is 0 Å². The molecule has 1 rings (SSSR count). The Morgan fingerprint density at radius 2 is 2.50 bits per heavy atom. The standard InChI is InChI=1S/C5H9N3/c1-8-4-2-3-7-5(8)6/h2-5H,6H2,1H3. The molecule has 1 atom stereocenters. The van der Waals surface area contributed by atoms with E-state index in [9.17, 15) is 0 Å². The van der Waals surface area contributed by atoms with Crippen molar-refractivity contribution in [1.29, 1.82) is 0 Å². The van der Waals surface area contributed by atoms with Gasteiger partial charge >= 0.3 is 0 Å². The molecule has 3 nitrogen and oxygen atoms in total. The lowest BCUT2D eigenvalue weighted by atomic mass is 10.5. The number of nitrogens with zero attached hydrogens (tertiary/aromatic N) is 2. The van der Waals surface area contributed by atoms with Gasteiger partial charge in [-0.15, -0.1) is 0 Å². The van der Waals surface area contributed by atoms with Gasteiger partial charge < -0.3 is 4.90 Å². The summed E-state index contributed by atoms with van der Waals surface area (Å²) in [6, 6.07) is 0. The first-order chi connectivity index (χ1) is 3.80. The van der Waals surface area contributed by atoms with Crippen molar-refractivity contribution >= 4 is 6.21 Å². The second-order valence-corrected chi connectivity index (χ2v) is 1.72. The highest BCUT2D eigenvalue weighted by Crippen LogP contribution is 1.94. The molecule has 1 aliphatic rings. The van der Waals surface area contributed by atoms with E-state index in [0.717, 1.165) is 0 Å². The molecule has 0 aliphatic carbocycles. The van der Waals surface area contributed by atoms with Crippen molar-refractivity contribution in [2.45, 2.75) is 6.29 Å². The lowest BCUT2D eigenvalue weighted by molar-refractivity contribution is 0.345. The molecule has 0 spiro atoms. The molecule has 0 aromatic rings. The average molecular weight is 111 g/mol. The first-order valence-corrected chi connectivity index (χ1v) is 2.48. The molecule has 0 bridgehead atoms. The van der Waals surface area contributed by atoms with Crippen LogP contribution in [0.5, 0.6) is 0 Å². The molecule has 0 saturated carbocycles. The molecule has 0 fully saturated rings. The first-order valence-electron chi connectivity index (χ1n) is 2.48. The highest BCUT2D eigenvalue weighted by molar-refractivity contribution is 5.71. The minimum absolute atomic E-state index is 0.181. The average Bonchev–Trinajstić information content (AvgIpc) is 1.77. The number of rotatable bonds is 0.